The minimum absolute atomic E-state index is 0.290. The number of hydrogen-bond acceptors (Lipinski definition) is 2. The Bertz CT molecular complexity index is 406. The molecule has 0 saturated heterocycles. The highest BCUT2D eigenvalue weighted by atomic mass is 79.9. The Morgan fingerprint density at radius 3 is 2.59 bits per heavy atom. The van der Waals surface area contributed by atoms with E-state index in [-0.39, 0.29) is 0 Å². The average Bonchev–Trinajstić information content (AvgIpc) is 2.26. The summed E-state index contributed by atoms with van der Waals surface area (Å²) in [6, 6.07) is 5.47. The topological polar surface area (TPSA) is 49.3 Å². The van der Waals surface area contributed by atoms with Gasteiger partial charge in [-0.25, -0.2) is 4.79 Å². The molecule has 1 aromatic carbocycles. The molecule has 1 aromatic rings. The van der Waals surface area contributed by atoms with E-state index in [2.05, 4.69) is 42.0 Å². The zero-order chi connectivity index (χ0) is 13.0. The van der Waals surface area contributed by atoms with Crippen LogP contribution in [0.15, 0.2) is 22.7 Å². The van der Waals surface area contributed by atoms with E-state index in [1.807, 2.05) is 6.07 Å². The van der Waals surface area contributed by atoms with Crippen molar-refractivity contribution in [3.63, 3.8) is 0 Å². The fraction of sp³-hybridized carbons (Fsp3) is 0.462. The quantitative estimate of drug-likeness (QED) is 0.864. The van der Waals surface area contributed by atoms with E-state index >= 15 is 0 Å². The highest BCUT2D eigenvalue weighted by Crippen LogP contribution is 2.22. The van der Waals surface area contributed by atoms with Crippen LogP contribution in [0.1, 0.15) is 37.6 Å². The second kappa shape index (κ2) is 6.05. The third-order valence-electron chi connectivity index (χ3n) is 3.04. The maximum absolute atomic E-state index is 10.9. The van der Waals surface area contributed by atoms with Gasteiger partial charge in [0.05, 0.1) is 5.56 Å². The molecule has 0 bridgehead atoms. The maximum Gasteiger partial charge on any atom is 0.335 e. The van der Waals surface area contributed by atoms with E-state index < -0.39 is 5.97 Å². The first-order chi connectivity index (χ1) is 7.93. The van der Waals surface area contributed by atoms with Gasteiger partial charge >= 0.3 is 5.97 Å². The molecule has 0 aromatic heterocycles. The third kappa shape index (κ3) is 4.04. The molecule has 17 heavy (non-hydrogen) atoms. The number of carbonyl (C=O) groups is 1. The van der Waals surface area contributed by atoms with Crippen molar-refractivity contribution in [3.05, 3.63) is 28.2 Å². The van der Waals surface area contributed by atoms with Gasteiger partial charge in [0.1, 0.15) is 0 Å². The Morgan fingerprint density at radius 1 is 1.41 bits per heavy atom. The van der Waals surface area contributed by atoms with Crippen molar-refractivity contribution >= 4 is 27.6 Å². The lowest BCUT2D eigenvalue weighted by Gasteiger charge is -2.21. The van der Waals surface area contributed by atoms with Crippen LogP contribution in [0.4, 0.5) is 5.69 Å². The molecule has 0 amide bonds. The van der Waals surface area contributed by atoms with Gasteiger partial charge in [-0.2, -0.15) is 0 Å². The fourth-order valence-corrected chi connectivity index (χ4v) is 2.05. The number of nitrogens with one attached hydrogen (secondary N) is 1. The van der Waals surface area contributed by atoms with Crippen molar-refractivity contribution in [2.75, 3.05) is 5.32 Å². The average molecular weight is 300 g/mol. The monoisotopic (exact) mass is 299 g/mol. The van der Waals surface area contributed by atoms with Gasteiger partial charge in [-0.3, -0.25) is 0 Å². The number of rotatable bonds is 5. The number of aromatic carboxylic acids is 1. The largest absolute Gasteiger partial charge is 0.478 e. The number of halogens is 1. The molecule has 0 aliphatic rings. The summed E-state index contributed by atoms with van der Waals surface area (Å²) in [7, 11) is 0. The first kappa shape index (κ1) is 14.0. The number of carboxylic acid groups (broad SMARTS) is 1. The molecular formula is C13H18BrNO2. The second-order valence-electron chi connectivity index (χ2n) is 4.35. The van der Waals surface area contributed by atoms with E-state index in [9.17, 15) is 4.79 Å². The van der Waals surface area contributed by atoms with Crippen LogP contribution in [-0.2, 0) is 0 Å². The number of carboxylic acids is 1. The van der Waals surface area contributed by atoms with Crippen molar-refractivity contribution in [1.29, 1.82) is 0 Å². The van der Waals surface area contributed by atoms with Crippen LogP contribution < -0.4 is 5.32 Å². The first-order valence-corrected chi connectivity index (χ1v) is 6.53. The molecular weight excluding hydrogens is 282 g/mol. The number of hydrogen-bond donors (Lipinski definition) is 2. The molecule has 3 nitrogen and oxygen atoms in total. The minimum atomic E-state index is -0.912. The van der Waals surface area contributed by atoms with Crippen molar-refractivity contribution in [3.8, 4) is 0 Å². The summed E-state index contributed by atoms with van der Waals surface area (Å²) in [4.78, 5) is 10.9. The van der Waals surface area contributed by atoms with Crippen molar-refractivity contribution in [2.24, 2.45) is 5.92 Å². The van der Waals surface area contributed by atoms with E-state index in [1.54, 1.807) is 12.1 Å². The molecule has 1 rings (SSSR count). The molecule has 2 atom stereocenters. The number of benzene rings is 1. The Labute approximate surface area is 110 Å². The molecule has 0 spiro atoms. The van der Waals surface area contributed by atoms with Crippen LogP contribution >= 0.6 is 15.9 Å². The Hall–Kier alpha value is -1.03. The van der Waals surface area contributed by atoms with E-state index in [4.69, 9.17) is 5.11 Å². The smallest absolute Gasteiger partial charge is 0.335 e. The predicted octanol–water partition coefficient (Wildman–Crippen LogP) is 3.99. The summed E-state index contributed by atoms with van der Waals surface area (Å²) < 4.78 is 0.774. The van der Waals surface area contributed by atoms with E-state index in [1.165, 1.54) is 0 Å². The summed E-state index contributed by atoms with van der Waals surface area (Å²) in [5.74, 6) is -0.368. The van der Waals surface area contributed by atoms with Gasteiger partial charge in [-0.05, 0) is 31.0 Å². The van der Waals surface area contributed by atoms with Crippen molar-refractivity contribution < 1.29 is 9.90 Å². The summed E-state index contributed by atoms with van der Waals surface area (Å²) >= 11 is 3.32. The molecule has 0 fully saturated rings. The maximum atomic E-state index is 10.9. The second-order valence-corrected chi connectivity index (χ2v) is 5.27. The highest BCUT2D eigenvalue weighted by molar-refractivity contribution is 9.10. The van der Waals surface area contributed by atoms with Gasteiger partial charge in [0.25, 0.3) is 0 Å². The highest BCUT2D eigenvalue weighted by Gasteiger charge is 2.11. The van der Waals surface area contributed by atoms with Gasteiger partial charge in [0, 0.05) is 16.2 Å². The van der Waals surface area contributed by atoms with Gasteiger partial charge in [-0.15, -0.1) is 0 Å². The summed E-state index contributed by atoms with van der Waals surface area (Å²) in [5.41, 5.74) is 1.13. The fourth-order valence-electron chi connectivity index (χ4n) is 1.56. The summed E-state index contributed by atoms with van der Waals surface area (Å²) in [6.45, 7) is 6.43. The van der Waals surface area contributed by atoms with Crippen molar-refractivity contribution in [2.45, 2.75) is 33.2 Å². The molecule has 0 saturated carbocycles. The summed E-state index contributed by atoms with van der Waals surface area (Å²) in [6.07, 6.45) is 1.09. The van der Waals surface area contributed by atoms with Crippen LogP contribution in [0.3, 0.4) is 0 Å². The Kier molecular flexibility index (Phi) is 5.00. The first-order valence-electron chi connectivity index (χ1n) is 5.74. The van der Waals surface area contributed by atoms with Gasteiger partial charge in [0.2, 0.25) is 0 Å². The van der Waals surface area contributed by atoms with Gasteiger partial charge in [0.15, 0.2) is 0 Å². The van der Waals surface area contributed by atoms with E-state index in [0.29, 0.717) is 17.5 Å². The zero-order valence-electron chi connectivity index (χ0n) is 10.3. The van der Waals surface area contributed by atoms with Crippen LogP contribution in [0.5, 0.6) is 0 Å². The molecule has 94 valence electrons. The molecule has 4 heteroatoms. The van der Waals surface area contributed by atoms with Gasteiger partial charge < -0.3 is 10.4 Å². The lowest BCUT2D eigenvalue weighted by atomic mass is 10.0. The van der Waals surface area contributed by atoms with Crippen LogP contribution in [0.2, 0.25) is 0 Å². The zero-order valence-corrected chi connectivity index (χ0v) is 11.9. The normalized spacial score (nSPS) is 14.1. The van der Waals surface area contributed by atoms with E-state index in [0.717, 1.165) is 16.6 Å². The predicted molar refractivity (Wildman–Crippen MR) is 73.6 cm³/mol. The van der Waals surface area contributed by atoms with Crippen LogP contribution in [-0.4, -0.2) is 17.1 Å². The van der Waals surface area contributed by atoms with Crippen LogP contribution in [0, 0.1) is 5.92 Å². The summed E-state index contributed by atoms with van der Waals surface area (Å²) in [5, 5.41) is 12.3. The van der Waals surface area contributed by atoms with Crippen molar-refractivity contribution in [1.82, 2.24) is 0 Å². The standard InChI is InChI=1S/C13H18BrNO2/c1-4-8(2)9(3)15-12-6-10(13(16)17)5-11(14)7-12/h5-9,15H,4H2,1-3H3,(H,16,17). The lowest BCUT2D eigenvalue weighted by molar-refractivity contribution is 0.0697. The molecule has 0 aliphatic carbocycles. The SMILES string of the molecule is CCC(C)C(C)Nc1cc(Br)cc(C(=O)O)c1. The molecule has 2 N–H and O–H groups in total. The molecule has 0 aliphatic heterocycles. The molecule has 0 radical (unpaired) electrons. The molecule has 2 unspecified atom stereocenters. The Morgan fingerprint density at radius 2 is 2.06 bits per heavy atom. The Balaban J connectivity index is 2.87. The molecule has 0 heterocycles. The van der Waals surface area contributed by atoms with Gasteiger partial charge in [-0.1, -0.05) is 36.2 Å². The number of anilines is 1. The minimum Gasteiger partial charge on any atom is -0.478 e. The lowest BCUT2D eigenvalue weighted by Crippen LogP contribution is -2.23. The third-order valence-corrected chi connectivity index (χ3v) is 3.49. The van der Waals surface area contributed by atoms with Crippen LogP contribution in [0.25, 0.3) is 0 Å².